The van der Waals surface area contributed by atoms with Gasteiger partial charge in [-0.25, -0.2) is 4.98 Å². The summed E-state index contributed by atoms with van der Waals surface area (Å²) in [5, 5.41) is 3.14. The first-order valence-electron chi connectivity index (χ1n) is 7.76. The quantitative estimate of drug-likeness (QED) is 0.871. The predicted octanol–water partition coefficient (Wildman–Crippen LogP) is 3.45. The van der Waals surface area contributed by atoms with Crippen LogP contribution in [0.2, 0.25) is 0 Å². The van der Waals surface area contributed by atoms with Gasteiger partial charge in [-0.2, -0.15) is 0 Å². The zero-order valence-electron chi connectivity index (χ0n) is 13.1. The summed E-state index contributed by atoms with van der Waals surface area (Å²) in [6.45, 7) is 4.80. The first-order chi connectivity index (χ1) is 10.6. The van der Waals surface area contributed by atoms with Gasteiger partial charge in [-0.15, -0.1) is 11.3 Å². The molecule has 1 atom stereocenters. The van der Waals surface area contributed by atoms with Crippen LogP contribution in [0.1, 0.15) is 47.3 Å². The van der Waals surface area contributed by atoms with Crippen molar-refractivity contribution < 1.29 is 4.79 Å². The fourth-order valence-corrected chi connectivity index (χ4v) is 3.83. The number of pyridine rings is 1. The molecule has 1 aliphatic heterocycles. The predicted molar refractivity (Wildman–Crippen MR) is 87.8 cm³/mol. The Labute approximate surface area is 135 Å². The molecule has 0 bridgehead atoms. The van der Waals surface area contributed by atoms with Crippen LogP contribution < -0.4 is 0 Å². The third-order valence-corrected chi connectivity index (χ3v) is 5.14. The number of carbonyl (C=O) groups excluding carboxylic acids is 1. The molecule has 116 valence electrons. The van der Waals surface area contributed by atoms with Gasteiger partial charge < -0.3 is 4.90 Å². The molecule has 1 fully saturated rings. The van der Waals surface area contributed by atoms with Crippen molar-refractivity contribution in [1.29, 1.82) is 0 Å². The van der Waals surface area contributed by atoms with Crippen molar-refractivity contribution in [1.82, 2.24) is 14.9 Å². The Kier molecular flexibility index (Phi) is 4.52. The molecule has 1 saturated heterocycles. The van der Waals surface area contributed by atoms with E-state index >= 15 is 0 Å². The van der Waals surface area contributed by atoms with E-state index in [2.05, 4.69) is 15.3 Å². The molecule has 3 rings (SSSR count). The number of likely N-dealkylation sites (tertiary alicyclic amines) is 1. The summed E-state index contributed by atoms with van der Waals surface area (Å²) in [5.41, 5.74) is 3.00. The van der Waals surface area contributed by atoms with Gasteiger partial charge in [-0.3, -0.25) is 9.78 Å². The molecule has 0 N–H and O–H groups in total. The van der Waals surface area contributed by atoms with Gasteiger partial charge in [0.25, 0.3) is 0 Å². The maximum atomic E-state index is 12.7. The molecule has 2 aromatic rings. The zero-order chi connectivity index (χ0) is 15.5. The number of piperidine rings is 1. The maximum absolute atomic E-state index is 12.7. The smallest absolute Gasteiger partial charge is 0.227 e. The first-order valence-corrected chi connectivity index (χ1v) is 8.64. The maximum Gasteiger partial charge on any atom is 0.227 e. The number of aryl methyl sites for hydroxylation is 2. The fraction of sp³-hybridized carbons (Fsp3) is 0.471. The lowest BCUT2D eigenvalue weighted by molar-refractivity contribution is -0.134. The van der Waals surface area contributed by atoms with E-state index in [9.17, 15) is 4.79 Å². The summed E-state index contributed by atoms with van der Waals surface area (Å²) in [7, 11) is 0. The molecule has 22 heavy (non-hydrogen) atoms. The number of hydrogen-bond donors (Lipinski definition) is 0. The van der Waals surface area contributed by atoms with Crippen molar-refractivity contribution in [3.05, 3.63) is 45.7 Å². The van der Waals surface area contributed by atoms with Crippen LogP contribution in [0.3, 0.4) is 0 Å². The van der Waals surface area contributed by atoms with Crippen LogP contribution in [0.15, 0.2) is 23.7 Å². The highest BCUT2D eigenvalue weighted by Crippen LogP contribution is 2.33. The summed E-state index contributed by atoms with van der Waals surface area (Å²) < 4.78 is 0. The minimum atomic E-state index is 0.151. The highest BCUT2D eigenvalue weighted by atomic mass is 32.1. The van der Waals surface area contributed by atoms with Crippen LogP contribution in [-0.4, -0.2) is 27.3 Å². The molecule has 0 saturated carbocycles. The van der Waals surface area contributed by atoms with Gasteiger partial charge in [0.05, 0.1) is 12.5 Å². The first kappa shape index (κ1) is 15.2. The number of thiazole rings is 1. The Bertz CT molecular complexity index is 650. The van der Waals surface area contributed by atoms with Crippen molar-refractivity contribution >= 4 is 17.2 Å². The Morgan fingerprint density at radius 1 is 1.32 bits per heavy atom. The van der Waals surface area contributed by atoms with Crippen LogP contribution in [0, 0.1) is 13.8 Å². The van der Waals surface area contributed by atoms with Crippen LogP contribution in [0.4, 0.5) is 0 Å². The van der Waals surface area contributed by atoms with Gasteiger partial charge >= 0.3 is 0 Å². The largest absolute Gasteiger partial charge is 0.333 e. The summed E-state index contributed by atoms with van der Waals surface area (Å²) in [6, 6.07) is 4.10. The monoisotopic (exact) mass is 315 g/mol. The number of hydrogen-bond acceptors (Lipinski definition) is 4. The highest BCUT2D eigenvalue weighted by Gasteiger charge is 2.29. The molecule has 0 aromatic carbocycles. The second kappa shape index (κ2) is 6.57. The number of rotatable bonds is 3. The third-order valence-electron chi connectivity index (χ3n) is 4.07. The molecule has 5 heteroatoms. The average molecular weight is 315 g/mol. The van der Waals surface area contributed by atoms with Crippen molar-refractivity contribution in [3.63, 3.8) is 0 Å². The zero-order valence-corrected chi connectivity index (χ0v) is 13.9. The van der Waals surface area contributed by atoms with Gasteiger partial charge in [0.15, 0.2) is 0 Å². The highest BCUT2D eigenvalue weighted by molar-refractivity contribution is 7.09. The molecule has 0 spiro atoms. The van der Waals surface area contributed by atoms with Crippen LogP contribution in [0.25, 0.3) is 0 Å². The molecular formula is C17H21N3OS. The molecule has 0 radical (unpaired) electrons. The summed E-state index contributed by atoms with van der Waals surface area (Å²) in [4.78, 5) is 23.6. The molecule has 0 unspecified atom stereocenters. The van der Waals surface area contributed by atoms with Crippen LogP contribution in [0.5, 0.6) is 0 Å². The second-order valence-corrected chi connectivity index (χ2v) is 6.80. The van der Waals surface area contributed by atoms with E-state index in [1.165, 1.54) is 6.42 Å². The van der Waals surface area contributed by atoms with Crippen molar-refractivity contribution in [3.8, 4) is 0 Å². The number of nitrogens with zero attached hydrogens (tertiary/aromatic N) is 3. The van der Waals surface area contributed by atoms with Gasteiger partial charge in [-0.1, -0.05) is 6.07 Å². The number of carbonyl (C=O) groups is 1. The van der Waals surface area contributed by atoms with Gasteiger partial charge in [-0.05, 0) is 44.7 Å². The van der Waals surface area contributed by atoms with Gasteiger partial charge in [0.2, 0.25) is 5.91 Å². The Balaban J connectivity index is 1.75. The SMILES string of the molecule is Cc1ccc(CC(=O)N2CCCC[C@@H]2c2nc(C)cs2)cn1. The molecule has 0 aliphatic carbocycles. The fourth-order valence-electron chi connectivity index (χ4n) is 2.89. The van der Waals surface area contributed by atoms with E-state index < -0.39 is 0 Å². The lowest BCUT2D eigenvalue weighted by atomic mass is 10.0. The number of aromatic nitrogens is 2. The Hall–Kier alpha value is -1.75. The van der Waals surface area contributed by atoms with E-state index in [-0.39, 0.29) is 11.9 Å². The molecule has 4 nitrogen and oxygen atoms in total. The van der Waals surface area contributed by atoms with E-state index in [4.69, 9.17) is 0 Å². The molecule has 3 heterocycles. The summed E-state index contributed by atoms with van der Waals surface area (Å²) in [6.07, 6.45) is 5.50. The Morgan fingerprint density at radius 3 is 2.86 bits per heavy atom. The number of amides is 1. The van der Waals surface area contributed by atoms with E-state index in [0.29, 0.717) is 6.42 Å². The summed E-state index contributed by atoms with van der Waals surface area (Å²) >= 11 is 1.67. The van der Waals surface area contributed by atoms with Crippen molar-refractivity contribution in [2.75, 3.05) is 6.54 Å². The normalized spacial score (nSPS) is 18.5. The second-order valence-electron chi connectivity index (χ2n) is 5.91. The minimum absolute atomic E-state index is 0.151. The van der Waals surface area contributed by atoms with Gasteiger partial charge in [0.1, 0.15) is 5.01 Å². The lowest BCUT2D eigenvalue weighted by Gasteiger charge is -2.34. The molecular weight excluding hydrogens is 294 g/mol. The van der Waals surface area contributed by atoms with E-state index in [0.717, 1.165) is 41.3 Å². The van der Waals surface area contributed by atoms with Crippen LogP contribution >= 0.6 is 11.3 Å². The third kappa shape index (κ3) is 3.35. The molecule has 1 aliphatic rings. The van der Waals surface area contributed by atoms with Crippen molar-refractivity contribution in [2.45, 2.75) is 45.6 Å². The van der Waals surface area contributed by atoms with Crippen LogP contribution in [-0.2, 0) is 11.2 Å². The lowest BCUT2D eigenvalue weighted by Crippen LogP contribution is -2.39. The van der Waals surface area contributed by atoms with E-state index in [1.54, 1.807) is 17.5 Å². The molecule has 1 amide bonds. The van der Waals surface area contributed by atoms with Crippen molar-refractivity contribution in [2.24, 2.45) is 0 Å². The van der Waals surface area contributed by atoms with E-state index in [1.807, 2.05) is 30.9 Å². The average Bonchev–Trinajstić information content (AvgIpc) is 2.96. The molecule has 2 aromatic heterocycles. The van der Waals surface area contributed by atoms with Gasteiger partial charge in [0, 0.05) is 29.5 Å². The minimum Gasteiger partial charge on any atom is -0.333 e. The Morgan fingerprint density at radius 2 is 2.18 bits per heavy atom. The standard InChI is InChI=1S/C17H21N3OS/c1-12-6-7-14(10-18-12)9-16(21)20-8-4-3-5-15(20)17-19-13(2)11-22-17/h6-7,10-11,15H,3-5,8-9H2,1-2H3/t15-/m1/s1. The topological polar surface area (TPSA) is 46.1 Å². The summed E-state index contributed by atoms with van der Waals surface area (Å²) in [5.74, 6) is 0.184.